The molecule has 0 saturated heterocycles. The molecule has 0 aromatic carbocycles. The fourth-order valence-electron chi connectivity index (χ4n) is 1.70. The second-order valence-electron chi connectivity index (χ2n) is 4.49. The van der Waals surface area contributed by atoms with E-state index in [0.717, 1.165) is 24.5 Å². The Hall–Kier alpha value is -0.900. The number of aromatic nitrogens is 3. The number of nitrogens with zero attached hydrogens (tertiary/aromatic N) is 2. The van der Waals surface area contributed by atoms with E-state index < -0.39 is 0 Å². The molecule has 1 heterocycles. The molecular formula is C10H18N4. The summed E-state index contributed by atoms with van der Waals surface area (Å²) < 4.78 is 0. The summed E-state index contributed by atoms with van der Waals surface area (Å²) in [5.74, 6) is 2.41. The van der Waals surface area contributed by atoms with Crippen LogP contribution in [0, 0.1) is 0 Å². The zero-order valence-corrected chi connectivity index (χ0v) is 8.88. The van der Waals surface area contributed by atoms with Gasteiger partial charge in [0.15, 0.2) is 5.82 Å². The van der Waals surface area contributed by atoms with Crippen molar-refractivity contribution in [2.24, 2.45) is 5.73 Å². The molecular weight excluding hydrogens is 176 g/mol. The number of nitrogens with one attached hydrogen (secondary N) is 1. The van der Waals surface area contributed by atoms with Crippen LogP contribution >= 0.6 is 0 Å². The summed E-state index contributed by atoms with van der Waals surface area (Å²) in [6.07, 6.45) is 4.46. The van der Waals surface area contributed by atoms with E-state index >= 15 is 0 Å². The SMILES string of the molecule is CCCC(C)(N)c1n[nH]c(C2CC2)n1. The molecule has 2 rings (SSSR count). The quantitative estimate of drug-likeness (QED) is 0.766. The fourth-order valence-corrected chi connectivity index (χ4v) is 1.70. The largest absolute Gasteiger partial charge is 0.319 e. The maximum atomic E-state index is 6.14. The van der Waals surface area contributed by atoms with Crippen LogP contribution in [0.5, 0.6) is 0 Å². The maximum absolute atomic E-state index is 6.14. The summed E-state index contributed by atoms with van der Waals surface area (Å²) in [5, 5.41) is 7.20. The minimum Gasteiger partial charge on any atom is -0.319 e. The summed E-state index contributed by atoms with van der Waals surface area (Å²) in [5.41, 5.74) is 5.76. The van der Waals surface area contributed by atoms with Crippen LogP contribution in [0.2, 0.25) is 0 Å². The Kier molecular flexibility index (Phi) is 2.31. The van der Waals surface area contributed by atoms with Crippen molar-refractivity contribution < 1.29 is 0 Å². The third-order valence-corrected chi connectivity index (χ3v) is 2.75. The van der Waals surface area contributed by atoms with Crippen LogP contribution in [0.4, 0.5) is 0 Å². The Morgan fingerprint density at radius 1 is 1.57 bits per heavy atom. The number of H-pyrrole nitrogens is 1. The van der Waals surface area contributed by atoms with Gasteiger partial charge in [-0.2, -0.15) is 5.10 Å². The van der Waals surface area contributed by atoms with Gasteiger partial charge < -0.3 is 5.73 Å². The minimum atomic E-state index is -0.377. The molecule has 0 radical (unpaired) electrons. The summed E-state index contributed by atoms with van der Waals surface area (Å²) >= 11 is 0. The molecule has 0 aliphatic heterocycles. The smallest absolute Gasteiger partial charge is 0.170 e. The molecule has 1 atom stereocenters. The van der Waals surface area contributed by atoms with E-state index in [-0.39, 0.29) is 5.54 Å². The van der Waals surface area contributed by atoms with Crippen molar-refractivity contribution in [3.63, 3.8) is 0 Å². The summed E-state index contributed by atoms with van der Waals surface area (Å²) in [6.45, 7) is 4.12. The molecule has 1 fully saturated rings. The highest BCUT2D eigenvalue weighted by Gasteiger charge is 2.30. The van der Waals surface area contributed by atoms with Gasteiger partial charge >= 0.3 is 0 Å². The highest BCUT2D eigenvalue weighted by molar-refractivity contribution is 5.09. The van der Waals surface area contributed by atoms with Gasteiger partial charge in [0.1, 0.15) is 5.82 Å². The van der Waals surface area contributed by atoms with E-state index in [2.05, 4.69) is 22.1 Å². The van der Waals surface area contributed by atoms with Gasteiger partial charge in [0.2, 0.25) is 0 Å². The Balaban J connectivity index is 2.14. The third-order valence-electron chi connectivity index (χ3n) is 2.75. The standard InChI is InChI=1S/C10H18N4/c1-3-6-10(2,11)9-12-8(13-14-9)7-4-5-7/h7H,3-6,11H2,1-2H3,(H,12,13,14). The van der Waals surface area contributed by atoms with Gasteiger partial charge in [-0.05, 0) is 26.2 Å². The molecule has 1 aliphatic carbocycles. The zero-order chi connectivity index (χ0) is 10.2. The second-order valence-corrected chi connectivity index (χ2v) is 4.49. The van der Waals surface area contributed by atoms with E-state index in [1.54, 1.807) is 0 Å². The van der Waals surface area contributed by atoms with Crippen molar-refractivity contribution in [1.29, 1.82) is 0 Å². The van der Waals surface area contributed by atoms with Gasteiger partial charge in [-0.25, -0.2) is 4.98 Å². The molecule has 1 aromatic heterocycles. The second kappa shape index (κ2) is 3.35. The van der Waals surface area contributed by atoms with E-state index in [1.807, 2.05) is 6.92 Å². The lowest BCUT2D eigenvalue weighted by molar-refractivity contribution is 0.421. The Morgan fingerprint density at radius 2 is 2.29 bits per heavy atom. The fraction of sp³-hybridized carbons (Fsp3) is 0.800. The Bertz CT molecular complexity index is 312. The highest BCUT2D eigenvalue weighted by atomic mass is 15.2. The van der Waals surface area contributed by atoms with E-state index in [4.69, 9.17) is 5.73 Å². The number of hydrogen-bond acceptors (Lipinski definition) is 3. The maximum Gasteiger partial charge on any atom is 0.170 e. The summed E-state index contributed by atoms with van der Waals surface area (Å²) in [7, 11) is 0. The molecule has 3 N–H and O–H groups in total. The van der Waals surface area contributed by atoms with Crippen molar-refractivity contribution in [3.05, 3.63) is 11.6 Å². The van der Waals surface area contributed by atoms with Gasteiger partial charge in [0, 0.05) is 5.92 Å². The van der Waals surface area contributed by atoms with Gasteiger partial charge in [-0.1, -0.05) is 13.3 Å². The molecule has 14 heavy (non-hydrogen) atoms. The van der Waals surface area contributed by atoms with Gasteiger partial charge in [0.25, 0.3) is 0 Å². The average molecular weight is 194 g/mol. The zero-order valence-electron chi connectivity index (χ0n) is 8.88. The van der Waals surface area contributed by atoms with E-state index in [1.165, 1.54) is 12.8 Å². The van der Waals surface area contributed by atoms with Crippen LogP contribution in [0.1, 0.15) is 57.1 Å². The van der Waals surface area contributed by atoms with E-state index in [0.29, 0.717) is 5.92 Å². The summed E-state index contributed by atoms with van der Waals surface area (Å²) in [6, 6.07) is 0. The average Bonchev–Trinajstić information content (AvgIpc) is 2.83. The van der Waals surface area contributed by atoms with Crippen LogP contribution in [0.3, 0.4) is 0 Å². The van der Waals surface area contributed by atoms with Crippen molar-refractivity contribution >= 4 is 0 Å². The first-order chi connectivity index (χ1) is 6.63. The predicted octanol–water partition coefficient (Wildman–Crippen LogP) is 1.66. The minimum absolute atomic E-state index is 0.377. The molecule has 0 amide bonds. The van der Waals surface area contributed by atoms with E-state index in [9.17, 15) is 0 Å². The normalized spacial score (nSPS) is 20.8. The first-order valence-corrected chi connectivity index (χ1v) is 5.35. The lowest BCUT2D eigenvalue weighted by atomic mass is 9.97. The highest BCUT2D eigenvalue weighted by Crippen LogP contribution is 2.38. The number of rotatable bonds is 4. The third kappa shape index (κ3) is 1.80. The number of aromatic amines is 1. The molecule has 4 nitrogen and oxygen atoms in total. The summed E-state index contributed by atoms with van der Waals surface area (Å²) in [4.78, 5) is 4.47. The van der Waals surface area contributed by atoms with Crippen LogP contribution in [-0.4, -0.2) is 15.2 Å². The molecule has 1 aliphatic rings. The van der Waals surface area contributed by atoms with Gasteiger partial charge in [-0.15, -0.1) is 0 Å². The molecule has 1 saturated carbocycles. The molecule has 0 spiro atoms. The van der Waals surface area contributed by atoms with Crippen molar-refractivity contribution in [2.45, 2.75) is 51.0 Å². The van der Waals surface area contributed by atoms with Crippen LogP contribution < -0.4 is 5.73 Å². The molecule has 78 valence electrons. The lowest BCUT2D eigenvalue weighted by Gasteiger charge is -2.19. The first kappa shape index (κ1) is 9.65. The van der Waals surface area contributed by atoms with Gasteiger partial charge in [-0.3, -0.25) is 5.10 Å². The predicted molar refractivity (Wildman–Crippen MR) is 54.8 cm³/mol. The first-order valence-electron chi connectivity index (χ1n) is 5.35. The molecule has 1 unspecified atom stereocenters. The van der Waals surface area contributed by atoms with Crippen molar-refractivity contribution in [2.75, 3.05) is 0 Å². The Labute approximate surface area is 84.3 Å². The molecule has 0 bridgehead atoms. The van der Waals surface area contributed by atoms with Crippen molar-refractivity contribution in [1.82, 2.24) is 15.2 Å². The number of nitrogens with two attached hydrogens (primary N) is 1. The lowest BCUT2D eigenvalue weighted by Crippen LogP contribution is -2.34. The van der Waals surface area contributed by atoms with Crippen molar-refractivity contribution in [3.8, 4) is 0 Å². The number of hydrogen-bond donors (Lipinski definition) is 2. The van der Waals surface area contributed by atoms with Crippen LogP contribution in [-0.2, 0) is 5.54 Å². The van der Waals surface area contributed by atoms with Gasteiger partial charge in [0.05, 0.1) is 5.54 Å². The topological polar surface area (TPSA) is 67.6 Å². The van der Waals surface area contributed by atoms with Crippen LogP contribution in [0.25, 0.3) is 0 Å². The molecule has 4 heteroatoms. The Morgan fingerprint density at radius 3 is 2.86 bits per heavy atom. The molecule has 1 aromatic rings. The van der Waals surface area contributed by atoms with Crippen LogP contribution in [0.15, 0.2) is 0 Å². The monoisotopic (exact) mass is 194 g/mol.